The minimum atomic E-state index is -0.874. The Labute approximate surface area is 82.6 Å². The molecule has 0 spiro atoms. The minimum absolute atomic E-state index is 0.583. The van der Waals surface area contributed by atoms with Crippen molar-refractivity contribution in [3.63, 3.8) is 0 Å². The van der Waals surface area contributed by atoms with Crippen molar-refractivity contribution in [1.82, 2.24) is 5.32 Å². The van der Waals surface area contributed by atoms with Crippen LogP contribution in [0.4, 0.5) is 0 Å². The summed E-state index contributed by atoms with van der Waals surface area (Å²) in [6, 6.07) is 0.583. The maximum absolute atomic E-state index is 10.1. The Balaban J connectivity index is 2.07. The Hall–Kier alpha value is -0.480. The molecule has 3 nitrogen and oxygen atoms in total. The van der Waals surface area contributed by atoms with Crippen molar-refractivity contribution in [2.45, 2.75) is 18.9 Å². The zero-order valence-corrected chi connectivity index (χ0v) is 8.35. The first-order chi connectivity index (χ1) is 6.29. The van der Waals surface area contributed by atoms with Crippen molar-refractivity contribution in [2.24, 2.45) is 0 Å². The van der Waals surface area contributed by atoms with Crippen molar-refractivity contribution in [2.75, 3.05) is 18.1 Å². The third kappa shape index (κ3) is 4.95. The van der Waals surface area contributed by atoms with Gasteiger partial charge in [0.15, 0.2) is 0 Å². The molecule has 4 heteroatoms. The molecule has 0 radical (unpaired) electrons. The molecule has 1 rings (SSSR count). The molecule has 0 saturated carbocycles. The second-order valence-electron chi connectivity index (χ2n) is 3.04. The van der Waals surface area contributed by atoms with Gasteiger partial charge in [-0.3, -0.25) is 0 Å². The number of aliphatic carboxylic acids is 1. The van der Waals surface area contributed by atoms with E-state index in [9.17, 15) is 4.79 Å². The van der Waals surface area contributed by atoms with Crippen LogP contribution in [0.15, 0.2) is 12.2 Å². The lowest BCUT2D eigenvalue weighted by atomic mass is 10.1. The van der Waals surface area contributed by atoms with E-state index >= 15 is 0 Å². The van der Waals surface area contributed by atoms with Crippen LogP contribution in [0.5, 0.6) is 0 Å². The highest BCUT2D eigenvalue weighted by atomic mass is 32.2. The predicted octanol–water partition coefficient (Wildman–Crippen LogP) is 1.11. The first-order valence-corrected chi connectivity index (χ1v) is 5.65. The van der Waals surface area contributed by atoms with Crippen molar-refractivity contribution in [1.29, 1.82) is 0 Å². The van der Waals surface area contributed by atoms with E-state index in [-0.39, 0.29) is 0 Å². The summed E-state index contributed by atoms with van der Waals surface area (Å²) in [5.41, 5.74) is 0. The van der Waals surface area contributed by atoms with Crippen LogP contribution >= 0.6 is 11.8 Å². The van der Waals surface area contributed by atoms with Gasteiger partial charge in [0, 0.05) is 18.7 Å². The van der Waals surface area contributed by atoms with Crippen LogP contribution in [-0.2, 0) is 4.79 Å². The van der Waals surface area contributed by atoms with Gasteiger partial charge in [0.05, 0.1) is 0 Å². The largest absolute Gasteiger partial charge is 0.478 e. The van der Waals surface area contributed by atoms with Gasteiger partial charge in [-0.1, -0.05) is 6.08 Å². The topological polar surface area (TPSA) is 49.3 Å². The van der Waals surface area contributed by atoms with Crippen molar-refractivity contribution in [3.05, 3.63) is 12.2 Å². The summed E-state index contributed by atoms with van der Waals surface area (Å²) in [5, 5.41) is 11.6. The number of rotatable bonds is 4. The van der Waals surface area contributed by atoms with E-state index in [2.05, 4.69) is 5.32 Å². The number of nitrogens with one attached hydrogen (secondary N) is 1. The van der Waals surface area contributed by atoms with E-state index in [1.54, 1.807) is 6.08 Å². The highest BCUT2D eigenvalue weighted by Gasteiger charge is 2.11. The van der Waals surface area contributed by atoms with E-state index in [4.69, 9.17) is 5.11 Å². The molecule has 1 aliphatic rings. The quantitative estimate of drug-likeness (QED) is 0.669. The number of carboxylic acid groups (broad SMARTS) is 1. The molecule has 2 N–H and O–H groups in total. The van der Waals surface area contributed by atoms with Gasteiger partial charge < -0.3 is 10.4 Å². The smallest absolute Gasteiger partial charge is 0.328 e. The molecule has 0 aliphatic carbocycles. The van der Waals surface area contributed by atoms with Crippen molar-refractivity contribution in [3.8, 4) is 0 Å². The maximum Gasteiger partial charge on any atom is 0.328 e. The Morgan fingerprint density at radius 2 is 2.23 bits per heavy atom. The fraction of sp³-hybridized carbons (Fsp3) is 0.667. The Bertz CT molecular complexity index is 188. The summed E-state index contributed by atoms with van der Waals surface area (Å²) >= 11 is 1.99. The first kappa shape index (κ1) is 10.6. The molecule has 13 heavy (non-hydrogen) atoms. The van der Waals surface area contributed by atoms with Crippen LogP contribution in [0.25, 0.3) is 0 Å². The monoisotopic (exact) mass is 201 g/mol. The number of hydrogen-bond acceptors (Lipinski definition) is 3. The van der Waals surface area contributed by atoms with Crippen LogP contribution in [0, 0.1) is 0 Å². The SMILES string of the molecule is O=C(O)/C=C/CNC1CCSCC1. The molecule has 1 saturated heterocycles. The van der Waals surface area contributed by atoms with E-state index in [0.717, 1.165) is 0 Å². The molecule has 0 atom stereocenters. The van der Waals surface area contributed by atoms with E-state index in [1.165, 1.54) is 30.4 Å². The summed E-state index contributed by atoms with van der Waals surface area (Å²) in [6.07, 6.45) is 5.24. The van der Waals surface area contributed by atoms with Gasteiger partial charge in [0.1, 0.15) is 0 Å². The molecule has 0 aromatic heterocycles. The molecule has 1 heterocycles. The fourth-order valence-corrected chi connectivity index (χ4v) is 2.40. The summed E-state index contributed by atoms with van der Waals surface area (Å²) in [7, 11) is 0. The molecule has 1 fully saturated rings. The lowest BCUT2D eigenvalue weighted by Gasteiger charge is -2.21. The zero-order chi connectivity index (χ0) is 9.52. The van der Waals surface area contributed by atoms with E-state index in [0.29, 0.717) is 12.6 Å². The summed E-state index contributed by atoms with van der Waals surface area (Å²) in [5.74, 6) is 1.57. The average molecular weight is 201 g/mol. The third-order valence-electron chi connectivity index (χ3n) is 2.01. The van der Waals surface area contributed by atoms with Crippen molar-refractivity contribution >= 4 is 17.7 Å². The Morgan fingerprint density at radius 1 is 1.54 bits per heavy atom. The lowest BCUT2D eigenvalue weighted by molar-refractivity contribution is -0.131. The molecule has 0 aromatic carbocycles. The van der Waals surface area contributed by atoms with Gasteiger partial charge in [0.25, 0.3) is 0 Å². The van der Waals surface area contributed by atoms with E-state index in [1.807, 2.05) is 11.8 Å². The van der Waals surface area contributed by atoms with Crippen LogP contribution < -0.4 is 5.32 Å². The molecule has 74 valence electrons. The molecule has 0 bridgehead atoms. The van der Waals surface area contributed by atoms with Gasteiger partial charge in [-0.25, -0.2) is 4.79 Å². The third-order valence-corrected chi connectivity index (χ3v) is 3.05. The van der Waals surface area contributed by atoms with Gasteiger partial charge in [-0.15, -0.1) is 0 Å². The number of thioether (sulfide) groups is 1. The maximum atomic E-state index is 10.1. The Kier molecular flexibility index (Phi) is 4.93. The lowest BCUT2D eigenvalue weighted by Crippen LogP contribution is -2.32. The highest BCUT2D eigenvalue weighted by molar-refractivity contribution is 7.99. The number of carbonyl (C=O) groups is 1. The molecular weight excluding hydrogens is 186 g/mol. The second-order valence-corrected chi connectivity index (χ2v) is 4.26. The van der Waals surface area contributed by atoms with Crippen molar-refractivity contribution < 1.29 is 9.90 Å². The van der Waals surface area contributed by atoms with Gasteiger partial charge in [-0.05, 0) is 24.3 Å². The summed E-state index contributed by atoms with van der Waals surface area (Å²) in [6.45, 7) is 0.668. The van der Waals surface area contributed by atoms with Crippen LogP contribution in [-0.4, -0.2) is 35.2 Å². The predicted molar refractivity (Wildman–Crippen MR) is 55.1 cm³/mol. The normalized spacial score (nSPS) is 19.4. The highest BCUT2D eigenvalue weighted by Crippen LogP contribution is 2.16. The fourth-order valence-electron chi connectivity index (χ4n) is 1.30. The number of carboxylic acids is 1. The molecule has 0 aromatic rings. The first-order valence-electron chi connectivity index (χ1n) is 4.49. The van der Waals surface area contributed by atoms with Gasteiger partial charge >= 0.3 is 5.97 Å². The summed E-state index contributed by atoms with van der Waals surface area (Å²) in [4.78, 5) is 10.1. The van der Waals surface area contributed by atoms with Gasteiger partial charge in [0.2, 0.25) is 0 Å². The van der Waals surface area contributed by atoms with Crippen LogP contribution in [0.3, 0.4) is 0 Å². The Morgan fingerprint density at radius 3 is 2.85 bits per heavy atom. The van der Waals surface area contributed by atoms with E-state index < -0.39 is 5.97 Å². The second kappa shape index (κ2) is 6.05. The molecule has 1 aliphatic heterocycles. The van der Waals surface area contributed by atoms with Crippen LogP contribution in [0.1, 0.15) is 12.8 Å². The minimum Gasteiger partial charge on any atom is -0.478 e. The standard InChI is InChI=1S/C9H15NO2S/c11-9(12)2-1-5-10-8-3-6-13-7-4-8/h1-2,8,10H,3-7H2,(H,11,12)/b2-1+. The summed E-state index contributed by atoms with van der Waals surface area (Å²) < 4.78 is 0. The van der Waals surface area contributed by atoms with Crippen LogP contribution in [0.2, 0.25) is 0 Å². The zero-order valence-electron chi connectivity index (χ0n) is 7.53. The molecule has 0 amide bonds. The average Bonchev–Trinajstić information content (AvgIpc) is 2.14. The molecular formula is C9H15NO2S. The molecule has 0 unspecified atom stereocenters. The van der Waals surface area contributed by atoms with Gasteiger partial charge in [-0.2, -0.15) is 11.8 Å². The number of hydrogen-bond donors (Lipinski definition) is 2.